The van der Waals surface area contributed by atoms with Gasteiger partial charge >= 0.3 is 0 Å². The Hall–Kier alpha value is -1.61. The van der Waals surface area contributed by atoms with Crippen molar-refractivity contribution in [3.05, 3.63) is 52.5 Å². The number of hydrogen-bond donors (Lipinski definition) is 0. The van der Waals surface area contributed by atoms with Gasteiger partial charge in [0.15, 0.2) is 6.29 Å². The number of carbonyl (C=O) groups excluding carboxylic acids is 1. The molecule has 0 radical (unpaired) electrons. The Kier molecular flexibility index (Phi) is 7.02. The molecule has 2 nitrogen and oxygen atoms in total. The van der Waals surface area contributed by atoms with E-state index in [-0.39, 0.29) is 6.61 Å². The summed E-state index contributed by atoms with van der Waals surface area (Å²) in [7, 11) is 0. The highest BCUT2D eigenvalue weighted by atomic mass is 79.9. The molecule has 0 aliphatic carbocycles. The van der Waals surface area contributed by atoms with Gasteiger partial charge in [-0.2, -0.15) is 0 Å². The molecule has 3 heteroatoms. The Morgan fingerprint density at radius 2 is 1.75 bits per heavy atom. The molecule has 0 aromatic heterocycles. The second-order valence-electron chi connectivity index (χ2n) is 3.91. The predicted molar refractivity (Wildman–Crippen MR) is 87.2 cm³/mol. The molecule has 0 bridgehead atoms. The van der Waals surface area contributed by atoms with Gasteiger partial charge in [0.05, 0.1) is 0 Å². The van der Waals surface area contributed by atoms with Gasteiger partial charge in [-0.25, -0.2) is 0 Å². The molecule has 20 heavy (non-hydrogen) atoms. The average Bonchev–Trinajstić information content (AvgIpc) is 2.51. The standard InChI is InChI=1S/C15H13BrO2.C2H6/c1-11-14(3-2-4-15(11)16)12-5-7-13(8-6-12)18-10-9-17;1-2/h2-9H,10H2,1H3;1-2H3. The van der Waals surface area contributed by atoms with Crippen LogP contribution in [0.5, 0.6) is 5.75 Å². The first-order valence-corrected chi connectivity index (χ1v) is 7.43. The third kappa shape index (κ3) is 4.20. The highest BCUT2D eigenvalue weighted by Gasteiger charge is 2.04. The van der Waals surface area contributed by atoms with Gasteiger partial charge in [-0.05, 0) is 41.8 Å². The van der Waals surface area contributed by atoms with Gasteiger partial charge in [-0.3, -0.25) is 4.79 Å². The highest BCUT2D eigenvalue weighted by Crippen LogP contribution is 2.29. The summed E-state index contributed by atoms with van der Waals surface area (Å²) in [5, 5.41) is 0. The van der Waals surface area contributed by atoms with Gasteiger partial charge in [-0.1, -0.05) is 54.0 Å². The van der Waals surface area contributed by atoms with Crippen LogP contribution in [0.25, 0.3) is 11.1 Å². The number of carbonyl (C=O) groups is 1. The van der Waals surface area contributed by atoms with Gasteiger partial charge in [0.2, 0.25) is 0 Å². The molecule has 2 aromatic carbocycles. The lowest BCUT2D eigenvalue weighted by Crippen LogP contribution is -1.97. The van der Waals surface area contributed by atoms with Crippen molar-refractivity contribution in [1.82, 2.24) is 0 Å². The molecule has 2 aromatic rings. The zero-order chi connectivity index (χ0) is 15.0. The summed E-state index contributed by atoms with van der Waals surface area (Å²) < 4.78 is 6.32. The van der Waals surface area contributed by atoms with Crippen LogP contribution in [0.1, 0.15) is 19.4 Å². The van der Waals surface area contributed by atoms with E-state index >= 15 is 0 Å². The quantitative estimate of drug-likeness (QED) is 0.733. The van der Waals surface area contributed by atoms with E-state index in [1.54, 1.807) is 0 Å². The third-order valence-corrected chi connectivity index (χ3v) is 3.61. The Balaban J connectivity index is 0.000000956. The molecule has 0 heterocycles. The lowest BCUT2D eigenvalue weighted by Gasteiger charge is -2.09. The summed E-state index contributed by atoms with van der Waals surface area (Å²) in [5.74, 6) is 0.707. The molecule has 0 aliphatic rings. The lowest BCUT2D eigenvalue weighted by atomic mass is 10.0. The van der Waals surface area contributed by atoms with Gasteiger partial charge in [0, 0.05) is 4.47 Å². The zero-order valence-corrected chi connectivity index (χ0v) is 13.6. The van der Waals surface area contributed by atoms with E-state index in [9.17, 15) is 4.79 Å². The Bertz CT molecular complexity index is 547. The van der Waals surface area contributed by atoms with Crippen molar-refractivity contribution in [2.75, 3.05) is 6.61 Å². The molecule has 0 spiro atoms. The molecular formula is C17H19BrO2. The number of ether oxygens (including phenoxy) is 1. The smallest absolute Gasteiger partial charge is 0.157 e. The maximum atomic E-state index is 10.2. The molecule has 2 rings (SSSR count). The SMILES string of the molecule is CC.Cc1c(Br)cccc1-c1ccc(OCC=O)cc1. The Labute approximate surface area is 128 Å². The number of benzene rings is 2. The van der Waals surface area contributed by atoms with E-state index in [0.29, 0.717) is 5.75 Å². The van der Waals surface area contributed by atoms with Crippen LogP contribution in [0, 0.1) is 6.92 Å². The maximum absolute atomic E-state index is 10.2. The van der Waals surface area contributed by atoms with E-state index in [1.165, 1.54) is 11.1 Å². The number of aldehydes is 1. The van der Waals surface area contributed by atoms with Gasteiger partial charge in [-0.15, -0.1) is 0 Å². The van der Waals surface area contributed by atoms with Gasteiger partial charge in [0.25, 0.3) is 0 Å². The van der Waals surface area contributed by atoms with E-state index in [1.807, 2.05) is 50.2 Å². The minimum absolute atomic E-state index is 0.0925. The van der Waals surface area contributed by atoms with Crippen LogP contribution < -0.4 is 4.74 Å². The van der Waals surface area contributed by atoms with Crippen LogP contribution in [0.15, 0.2) is 46.9 Å². The van der Waals surface area contributed by atoms with Crippen LogP contribution in [0.4, 0.5) is 0 Å². The van der Waals surface area contributed by atoms with Crippen molar-refractivity contribution in [2.45, 2.75) is 20.8 Å². The summed E-state index contributed by atoms with van der Waals surface area (Å²) >= 11 is 3.53. The van der Waals surface area contributed by atoms with Crippen LogP contribution in [-0.2, 0) is 4.79 Å². The lowest BCUT2D eigenvalue weighted by molar-refractivity contribution is -0.109. The molecule has 0 saturated carbocycles. The first-order chi connectivity index (χ1) is 9.72. The molecule has 106 valence electrons. The highest BCUT2D eigenvalue weighted by molar-refractivity contribution is 9.10. The van der Waals surface area contributed by atoms with Gasteiger partial charge < -0.3 is 4.74 Å². The summed E-state index contributed by atoms with van der Waals surface area (Å²) in [6, 6.07) is 13.9. The molecule has 0 fully saturated rings. The third-order valence-electron chi connectivity index (χ3n) is 2.75. The fourth-order valence-electron chi connectivity index (χ4n) is 1.78. The monoisotopic (exact) mass is 334 g/mol. The number of hydrogen-bond acceptors (Lipinski definition) is 2. The van der Waals surface area contributed by atoms with Crippen molar-refractivity contribution >= 4 is 22.2 Å². The van der Waals surface area contributed by atoms with Crippen molar-refractivity contribution in [2.24, 2.45) is 0 Å². The molecule has 0 aliphatic heterocycles. The van der Waals surface area contributed by atoms with E-state index in [2.05, 4.69) is 28.9 Å². The van der Waals surface area contributed by atoms with Crippen LogP contribution in [0.3, 0.4) is 0 Å². The molecule has 0 unspecified atom stereocenters. The molecule has 0 amide bonds. The van der Waals surface area contributed by atoms with Crippen molar-refractivity contribution < 1.29 is 9.53 Å². The van der Waals surface area contributed by atoms with E-state index in [4.69, 9.17) is 4.74 Å². The van der Waals surface area contributed by atoms with Crippen molar-refractivity contribution in [3.63, 3.8) is 0 Å². The molecule has 0 saturated heterocycles. The first kappa shape index (κ1) is 16.4. The summed E-state index contributed by atoms with van der Waals surface area (Å²) in [6.07, 6.45) is 0.742. The predicted octanol–water partition coefficient (Wildman–Crippen LogP) is 5.03. The van der Waals surface area contributed by atoms with Crippen LogP contribution >= 0.6 is 15.9 Å². The average molecular weight is 335 g/mol. The minimum atomic E-state index is 0.0925. The summed E-state index contributed by atoms with van der Waals surface area (Å²) in [5.41, 5.74) is 3.53. The topological polar surface area (TPSA) is 26.3 Å². The van der Waals surface area contributed by atoms with Crippen molar-refractivity contribution in [3.8, 4) is 16.9 Å². The largest absolute Gasteiger partial charge is 0.486 e. The van der Waals surface area contributed by atoms with Crippen LogP contribution in [0.2, 0.25) is 0 Å². The van der Waals surface area contributed by atoms with E-state index < -0.39 is 0 Å². The Morgan fingerprint density at radius 3 is 2.35 bits per heavy atom. The van der Waals surface area contributed by atoms with Gasteiger partial charge in [0.1, 0.15) is 12.4 Å². The molecular weight excluding hydrogens is 316 g/mol. The number of rotatable bonds is 4. The minimum Gasteiger partial charge on any atom is -0.486 e. The summed E-state index contributed by atoms with van der Waals surface area (Å²) in [4.78, 5) is 10.2. The van der Waals surface area contributed by atoms with Crippen LogP contribution in [-0.4, -0.2) is 12.9 Å². The molecule has 0 N–H and O–H groups in total. The second kappa shape index (κ2) is 8.54. The van der Waals surface area contributed by atoms with Crippen molar-refractivity contribution in [1.29, 1.82) is 0 Å². The normalized spacial score (nSPS) is 9.40. The zero-order valence-electron chi connectivity index (χ0n) is 12.0. The maximum Gasteiger partial charge on any atom is 0.157 e. The fraction of sp³-hybridized carbons (Fsp3) is 0.235. The summed E-state index contributed by atoms with van der Waals surface area (Å²) in [6.45, 7) is 6.17. The Morgan fingerprint density at radius 1 is 1.10 bits per heavy atom. The fourth-order valence-corrected chi connectivity index (χ4v) is 2.15. The molecule has 0 atom stereocenters. The van der Waals surface area contributed by atoms with E-state index in [0.717, 1.165) is 16.3 Å². The second-order valence-corrected chi connectivity index (χ2v) is 4.77. The first-order valence-electron chi connectivity index (χ1n) is 6.64. The number of halogens is 1.